The molecule has 3 rings (SSSR count). The molecule has 0 fully saturated rings. The smallest absolute Gasteiger partial charge is 0.123 e. The molecule has 0 atom stereocenters. The van der Waals surface area contributed by atoms with Gasteiger partial charge >= 0.3 is 0 Å². The van der Waals surface area contributed by atoms with Crippen LogP contribution in [0.25, 0.3) is 22.3 Å². The molecule has 2 heterocycles. The van der Waals surface area contributed by atoms with Gasteiger partial charge in [0.15, 0.2) is 0 Å². The second-order valence-electron chi connectivity index (χ2n) is 5.07. The normalized spacial score (nSPS) is 10.8. The van der Waals surface area contributed by atoms with Gasteiger partial charge in [0, 0.05) is 42.5 Å². The average molecular weight is 280 g/mol. The van der Waals surface area contributed by atoms with Crippen molar-refractivity contribution in [2.24, 2.45) is 7.05 Å². The summed E-state index contributed by atoms with van der Waals surface area (Å²) in [7, 11) is 2.05. The maximum absolute atomic E-state index is 13.2. The van der Waals surface area contributed by atoms with E-state index in [2.05, 4.69) is 29.7 Å². The summed E-state index contributed by atoms with van der Waals surface area (Å²) in [5, 5.41) is 0. The summed E-state index contributed by atoms with van der Waals surface area (Å²) in [6.07, 6.45) is 6.64. The molecule has 3 heteroatoms. The van der Waals surface area contributed by atoms with Gasteiger partial charge < -0.3 is 4.57 Å². The number of benzene rings is 1. The lowest BCUT2D eigenvalue weighted by Crippen LogP contribution is -1.94. The molecule has 2 nitrogen and oxygen atoms in total. The summed E-state index contributed by atoms with van der Waals surface area (Å²) in [5.74, 6) is -0.210. The maximum Gasteiger partial charge on any atom is 0.123 e. The van der Waals surface area contributed by atoms with E-state index in [1.807, 2.05) is 24.3 Å². The Bertz CT molecular complexity index is 743. The summed E-state index contributed by atoms with van der Waals surface area (Å²) < 4.78 is 15.3. The van der Waals surface area contributed by atoms with Gasteiger partial charge in [0.2, 0.25) is 0 Å². The van der Waals surface area contributed by atoms with Crippen LogP contribution in [-0.2, 0) is 13.5 Å². The third-order valence-corrected chi connectivity index (χ3v) is 3.77. The Hall–Kier alpha value is -2.42. The van der Waals surface area contributed by atoms with Crippen molar-refractivity contribution < 1.29 is 4.39 Å². The predicted molar refractivity (Wildman–Crippen MR) is 83.4 cm³/mol. The minimum atomic E-state index is -0.210. The molecule has 0 spiro atoms. The first-order valence-electron chi connectivity index (χ1n) is 7.05. The number of rotatable bonds is 3. The quantitative estimate of drug-likeness (QED) is 0.693. The van der Waals surface area contributed by atoms with Crippen LogP contribution in [0.15, 0.2) is 55.0 Å². The fourth-order valence-corrected chi connectivity index (χ4v) is 2.78. The lowest BCUT2D eigenvalue weighted by molar-refractivity contribution is 0.628. The highest BCUT2D eigenvalue weighted by Crippen LogP contribution is 2.36. The summed E-state index contributed by atoms with van der Waals surface area (Å²) >= 11 is 0. The highest BCUT2D eigenvalue weighted by Gasteiger charge is 2.16. The van der Waals surface area contributed by atoms with Gasteiger partial charge in [-0.1, -0.05) is 19.1 Å². The van der Waals surface area contributed by atoms with Gasteiger partial charge in [0.25, 0.3) is 0 Å². The van der Waals surface area contributed by atoms with Gasteiger partial charge in [-0.15, -0.1) is 0 Å². The number of hydrogen-bond acceptors (Lipinski definition) is 1. The van der Waals surface area contributed by atoms with Crippen molar-refractivity contribution in [3.63, 3.8) is 0 Å². The molecule has 0 amide bonds. The SMILES string of the molecule is CCc1c(-c2ccc(F)cc2)c(-c2ccncc2)cn1C. The maximum atomic E-state index is 13.2. The Morgan fingerprint density at radius 3 is 2.29 bits per heavy atom. The van der Waals surface area contributed by atoms with Crippen LogP contribution in [0.2, 0.25) is 0 Å². The molecule has 0 aliphatic heterocycles. The van der Waals surface area contributed by atoms with Gasteiger partial charge in [0.1, 0.15) is 5.82 Å². The monoisotopic (exact) mass is 280 g/mol. The molecule has 0 radical (unpaired) electrons. The van der Waals surface area contributed by atoms with Crippen LogP contribution in [-0.4, -0.2) is 9.55 Å². The van der Waals surface area contributed by atoms with Crippen molar-refractivity contribution in [2.45, 2.75) is 13.3 Å². The number of halogens is 1. The Kier molecular flexibility index (Phi) is 3.57. The van der Waals surface area contributed by atoms with Gasteiger partial charge in [-0.25, -0.2) is 4.39 Å². The molecule has 1 aromatic carbocycles. The van der Waals surface area contributed by atoms with Crippen molar-refractivity contribution in [1.29, 1.82) is 0 Å². The first-order chi connectivity index (χ1) is 10.2. The Labute approximate surface area is 123 Å². The summed E-state index contributed by atoms with van der Waals surface area (Å²) in [4.78, 5) is 4.08. The minimum absolute atomic E-state index is 0.210. The Balaban J connectivity index is 2.24. The molecule has 0 saturated carbocycles. The second kappa shape index (κ2) is 5.52. The highest BCUT2D eigenvalue weighted by atomic mass is 19.1. The van der Waals surface area contributed by atoms with E-state index in [0.717, 1.165) is 23.1 Å². The molecule has 0 saturated heterocycles. The molecule has 2 aromatic heterocycles. The number of aryl methyl sites for hydroxylation is 1. The number of aromatic nitrogens is 2. The summed E-state index contributed by atoms with van der Waals surface area (Å²) in [6, 6.07) is 10.7. The third kappa shape index (κ3) is 2.47. The highest BCUT2D eigenvalue weighted by molar-refractivity contribution is 5.85. The van der Waals surface area contributed by atoms with E-state index in [9.17, 15) is 4.39 Å². The molecular formula is C18H17FN2. The largest absolute Gasteiger partial charge is 0.353 e. The number of hydrogen-bond donors (Lipinski definition) is 0. The van der Waals surface area contributed by atoms with Crippen molar-refractivity contribution in [3.8, 4) is 22.3 Å². The zero-order chi connectivity index (χ0) is 14.8. The first-order valence-corrected chi connectivity index (χ1v) is 7.05. The van der Waals surface area contributed by atoms with Crippen LogP contribution in [0, 0.1) is 5.82 Å². The predicted octanol–water partition coefficient (Wildman–Crippen LogP) is 4.46. The molecule has 106 valence electrons. The second-order valence-corrected chi connectivity index (χ2v) is 5.07. The van der Waals surface area contributed by atoms with Gasteiger partial charge in [-0.05, 0) is 41.8 Å². The Morgan fingerprint density at radius 2 is 1.67 bits per heavy atom. The van der Waals surface area contributed by atoms with E-state index in [1.54, 1.807) is 12.4 Å². The zero-order valence-corrected chi connectivity index (χ0v) is 12.2. The Morgan fingerprint density at radius 1 is 1.00 bits per heavy atom. The van der Waals surface area contributed by atoms with Gasteiger partial charge in [-0.3, -0.25) is 4.98 Å². The van der Waals surface area contributed by atoms with Crippen LogP contribution in [0.4, 0.5) is 4.39 Å². The van der Waals surface area contributed by atoms with Crippen LogP contribution in [0.1, 0.15) is 12.6 Å². The van der Waals surface area contributed by atoms with E-state index < -0.39 is 0 Å². The topological polar surface area (TPSA) is 17.8 Å². The van der Waals surface area contributed by atoms with Crippen molar-refractivity contribution in [3.05, 3.63) is 66.5 Å². The number of nitrogens with zero attached hydrogens (tertiary/aromatic N) is 2. The lowest BCUT2D eigenvalue weighted by Gasteiger charge is -2.08. The minimum Gasteiger partial charge on any atom is -0.353 e. The van der Waals surface area contributed by atoms with Gasteiger partial charge in [-0.2, -0.15) is 0 Å². The fourth-order valence-electron chi connectivity index (χ4n) is 2.78. The first kappa shape index (κ1) is 13.6. The van der Waals surface area contributed by atoms with E-state index >= 15 is 0 Å². The summed E-state index contributed by atoms with van der Waals surface area (Å²) in [5.41, 5.74) is 5.74. The molecule has 0 unspecified atom stereocenters. The number of pyridine rings is 1. The van der Waals surface area contributed by atoms with Crippen molar-refractivity contribution in [1.82, 2.24) is 9.55 Å². The standard InChI is InChI=1S/C18H17FN2/c1-3-17-18(14-4-6-15(19)7-5-14)16(12-21(17)2)13-8-10-20-11-9-13/h4-12H,3H2,1-2H3. The van der Waals surface area contributed by atoms with E-state index in [0.29, 0.717) is 0 Å². The van der Waals surface area contributed by atoms with E-state index in [-0.39, 0.29) is 5.82 Å². The van der Waals surface area contributed by atoms with Gasteiger partial charge in [0.05, 0.1) is 0 Å². The molecule has 0 N–H and O–H groups in total. The van der Waals surface area contributed by atoms with Crippen LogP contribution in [0.3, 0.4) is 0 Å². The van der Waals surface area contributed by atoms with Crippen LogP contribution < -0.4 is 0 Å². The molecular weight excluding hydrogens is 263 g/mol. The molecule has 0 aliphatic rings. The molecule has 0 aliphatic carbocycles. The van der Waals surface area contributed by atoms with Crippen LogP contribution in [0.5, 0.6) is 0 Å². The molecule has 21 heavy (non-hydrogen) atoms. The van der Waals surface area contributed by atoms with Crippen molar-refractivity contribution >= 4 is 0 Å². The summed E-state index contributed by atoms with van der Waals surface area (Å²) in [6.45, 7) is 2.14. The zero-order valence-electron chi connectivity index (χ0n) is 12.2. The third-order valence-electron chi connectivity index (χ3n) is 3.77. The van der Waals surface area contributed by atoms with Crippen LogP contribution >= 0.6 is 0 Å². The fraction of sp³-hybridized carbons (Fsp3) is 0.167. The molecule has 0 bridgehead atoms. The average Bonchev–Trinajstić information content (AvgIpc) is 2.85. The molecule has 3 aromatic rings. The van der Waals surface area contributed by atoms with E-state index in [1.165, 1.54) is 23.4 Å². The van der Waals surface area contributed by atoms with E-state index in [4.69, 9.17) is 0 Å². The lowest BCUT2D eigenvalue weighted by atomic mass is 9.96. The van der Waals surface area contributed by atoms with Crippen molar-refractivity contribution in [2.75, 3.05) is 0 Å².